The summed E-state index contributed by atoms with van der Waals surface area (Å²) in [6.45, 7) is 6.63. The average Bonchev–Trinajstić information content (AvgIpc) is 2.22. The summed E-state index contributed by atoms with van der Waals surface area (Å²) in [6.07, 6.45) is -0.551. The summed E-state index contributed by atoms with van der Waals surface area (Å²) >= 11 is 0. The Morgan fingerprint density at radius 3 is 2.06 bits per heavy atom. The molecule has 0 aliphatic rings. The summed E-state index contributed by atoms with van der Waals surface area (Å²) in [4.78, 5) is 21.9. The van der Waals surface area contributed by atoms with Crippen LogP contribution >= 0.6 is 0 Å². The number of hydrogen-bond donors (Lipinski definition) is 0. The molecule has 0 spiro atoms. The summed E-state index contributed by atoms with van der Waals surface area (Å²) in [7, 11) is 0. The molecule has 0 saturated heterocycles. The Kier molecular flexibility index (Phi) is 4.89. The van der Waals surface area contributed by atoms with E-state index in [0.29, 0.717) is 0 Å². The topological polar surface area (TPSA) is 52.6 Å². The lowest BCUT2D eigenvalue weighted by Crippen LogP contribution is -2.16. The van der Waals surface area contributed by atoms with E-state index >= 15 is 0 Å². The highest BCUT2D eigenvalue weighted by molar-refractivity contribution is 5.67. The van der Waals surface area contributed by atoms with Gasteiger partial charge in [-0.25, -0.2) is 0 Å². The monoisotopic (exact) mass is 250 g/mol. The van der Waals surface area contributed by atoms with Crippen LogP contribution in [0.5, 0.6) is 0 Å². The van der Waals surface area contributed by atoms with E-state index in [1.54, 1.807) is 0 Å². The number of hydrogen-bond acceptors (Lipinski definition) is 4. The molecule has 1 atom stereocenters. The first-order chi connectivity index (χ1) is 8.38. The second-order valence-corrected chi connectivity index (χ2v) is 4.32. The van der Waals surface area contributed by atoms with Gasteiger partial charge in [-0.05, 0) is 19.4 Å². The lowest BCUT2D eigenvalue weighted by Gasteiger charge is -2.18. The van der Waals surface area contributed by atoms with Gasteiger partial charge < -0.3 is 9.47 Å². The van der Waals surface area contributed by atoms with Crippen LogP contribution in [-0.2, 0) is 19.1 Å². The predicted molar refractivity (Wildman–Crippen MR) is 67.1 cm³/mol. The fourth-order valence-corrected chi connectivity index (χ4v) is 1.79. The van der Waals surface area contributed by atoms with Gasteiger partial charge in [-0.3, -0.25) is 9.59 Å². The fourth-order valence-electron chi connectivity index (χ4n) is 1.79. The van der Waals surface area contributed by atoms with Gasteiger partial charge in [0.15, 0.2) is 6.10 Å². The van der Waals surface area contributed by atoms with Gasteiger partial charge in [0.05, 0.1) is 0 Å². The van der Waals surface area contributed by atoms with Gasteiger partial charge in [0.25, 0.3) is 0 Å². The third-order valence-electron chi connectivity index (χ3n) is 2.36. The summed E-state index contributed by atoms with van der Waals surface area (Å²) in [5.74, 6) is -0.789. The number of esters is 2. The number of ether oxygens (including phenoxy) is 2. The molecule has 0 saturated carbocycles. The number of aryl methyl sites for hydroxylation is 2. The van der Waals surface area contributed by atoms with Crippen LogP contribution in [0.25, 0.3) is 0 Å². The molecule has 0 amide bonds. The van der Waals surface area contributed by atoms with E-state index in [9.17, 15) is 9.59 Å². The van der Waals surface area contributed by atoms with Gasteiger partial charge >= 0.3 is 11.9 Å². The van der Waals surface area contributed by atoms with Crippen LogP contribution in [-0.4, -0.2) is 18.5 Å². The van der Waals surface area contributed by atoms with Crippen molar-refractivity contribution in [3.05, 3.63) is 34.9 Å². The highest BCUT2D eigenvalue weighted by Gasteiger charge is 2.17. The molecular formula is C14H18O4. The molecule has 0 unspecified atom stereocenters. The minimum absolute atomic E-state index is 0.0395. The summed E-state index contributed by atoms with van der Waals surface area (Å²) < 4.78 is 10.1. The van der Waals surface area contributed by atoms with Crippen LogP contribution in [0.4, 0.5) is 0 Å². The molecule has 0 N–H and O–H groups in total. The van der Waals surface area contributed by atoms with Crippen molar-refractivity contribution in [2.45, 2.75) is 33.8 Å². The minimum atomic E-state index is -0.551. The van der Waals surface area contributed by atoms with Gasteiger partial charge in [-0.1, -0.05) is 29.3 Å². The van der Waals surface area contributed by atoms with Gasteiger partial charge in [0, 0.05) is 13.8 Å². The van der Waals surface area contributed by atoms with Crippen molar-refractivity contribution in [2.24, 2.45) is 0 Å². The van der Waals surface area contributed by atoms with Gasteiger partial charge in [0.1, 0.15) is 6.61 Å². The zero-order chi connectivity index (χ0) is 13.7. The predicted octanol–water partition coefficient (Wildman–Crippen LogP) is 2.47. The van der Waals surface area contributed by atoms with Crippen LogP contribution < -0.4 is 0 Å². The molecule has 4 heteroatoms. The lowest BCUT2D eigenvalue weighted by atomic mass is 10.0. The first-order valence-corrected chi connectivity index (χ1v) is 5.77. The summed E-state index contributed by atoms with van der Waals surface area (Å²) in [5, 5.41) is 0. The lowest BCUT2D eigenvalue weighted by molar-refractivity contribution is -0.156. The van der Waals surface area contributed by atoms with Crippen molar-refractivity contribution < 1.29 is 19.1 Å². The number of carbonyl (C=O) groups is 2. The smallest absolute Gasteiger partial charge is 0.303 e. The highest BCUT2D eigenvalue weighted by atomic mass is 16.6. The SMILES string of the molecule is CC(=O)OC[C@@H](OC(C)=O)c1cc(C)cc(C)c1. The molecule has 1 rings (SSSR count). The fraction of sp³-hybridized carbons (Fsp3) is 0.429. The molecule has 98 valence electrons. The molecule has 4 nitrogen and oxygen atoms in total. The maximum Gasteiger partial charge on any atom is 0.303 e. The molecule has 0 bridgehead atoms. The Morgan fingerprint density at radius 2 is 1.61 bits per heavy atom. The van der Waals surface area contributed by atoms with E-state index in [1.165, 1.54) is 13.8 Å². The second kappa shape index (κ2) is 6.19. The van der Waals surface area contributed by atoms with Gasteiger partial charge in [-0.15, -0.1) is 0 Å². The molecule has 0 fully saturated rings. The Bertz CT molecular complexity index is 431. The molecule has 1 aromatic carbocycles. The first-order valence-electron chi connectivity index (χ1n) is 5.77. The van der Waals surface area contributed by atoms with Crippen molar-refractivity contribution >= 4 is 11.9 Å². The van der Waals surface area contributed by atoms with Crippen LogP contribution in [0.15, 0.2) is 18.2 Å². The van der Waals surface area contributed by atoms with E-state index in [-0.39, 0.29) is 6.61 Å². The standard InChI is InChI=1S/C14H18O4/c1-9-5-10(2)7-13(6-9)14(18-12(4)16)8-17-11(3)15/h5-7,14H,8H2,1-4H3/t14-/m1/s1. The van der Waals surface area contributed by atoms with E-state index in [1.807, 2.05) is 32.0 Å². The van der Waals surface area contributed by atoms with E-state index < -0.39 is 18.0 Å². The largest absolute Gasteiger partial charge is 0.462 e. The third kappa shape index (κ3) is 4.57. The highest BCUT2D eigenvalue weighted by Crippen LogP contribution is 2.21. The van der Waals surface area contributed by atoms with Gasteiger partial charge in [0.2, 0.25) is 0 Å². The minimum Gasteiger partial charge on any atom is -0.462 e. The molecule has 0 radical (unpaired) electrons. The Morgan fingerprint density at radius 1 is 1.06 bits per heavy atom. The normalized spacial score (nSPS) is 11.8. The maximum absolute atomic E-state index is 11.1. The Hall–Kier alpha value is -1.84. The van der Waals surface area contributed by atoms with E-state index in [2.05, 4.69) is 0 Å². The zero-order valence-corrected chi connectivity index (χ0v) is 11.1. The average molecular weight is 250 g/mol. The van der Waals surface area contributed by atoms with Crippen LogP contribution in [0.2, 0.25) is 0 Å². The van der Waals surface area contributed by atoms with Crippen molar-refractivity contribution in [1.29, 1.82) is 0 Å². The Balaban J connectivity index is 2.92. The Labute approximate surface area is 107 Å². The third-order valence-corrected chi connectivity index (χ3v) is 2.36. The van der Waals surface area contributed by atoms with Crippen LogP contribution in [0.3, 0.4) is 0 Å². The van der Waals surface area contributed by atoms with Gasteiger partial charge in [-0.2, -0.15) is 0 Å². The van der Waals surface area contributed by atoms with Crippen molar-refractivity contribution in [3.8, 4) is 0 Å². The molecule has 18 heavy (non-hydrogen) atoms. The van der Waals surface area contributed by atoms with Crippen molar-refractivity contribution in [3.63, 3.8) is 0 Å². The number of carbonyl (C=O) groups excluding carboxylic acids is 2. The number of benzene rings is 1. The van der Waals surface area contributed by atoms with Crippen molar-refractivity contribution in [1.82, 2.24) is 0 Å². The summed E-state index contributed by atoms with van der Waals surface area (Å²) in [5.41, 5.74) is 2.99. The van der Waals surface area contributed by atoms with Crippen LogP contribution in [0.1, 0.15) is 36.6 Å². The first kappa shape index (κ1) is 14.2. The van der Waals surface area contributed by atoms with E-state index in [0.717, 1.165) is 16.7 Å². The zero-order valence-electron chi connectivity index (χ0n) is 11.1. The molecular weight excluding hydrogens is 232 g/mol. The molecule has 0 aliphatic carbocycles. The van der Waals surface area contributed by atoms with Crippen molar-refractivity contribution in [2.75, 3.05) is 6.61 Å². The second-order valence-electron chi connectivity index (χ2n) is 4.32. The van der Waals surface area contributed by atoms with Crippen LogP contribution in [0, 0.1) is 13.8 Å². The molecule has 1 aromatic rings. The molecule has 0 heterocycles. The van der Waals surface area contributed by atoms with E-state index in [4.69, 9.17) is 9.47 Å². The quantitative estimate of drug-likeness (QED) is 0.770. The molecule has 0 aromatic heterocycles. The summed E-state index contributed by atoms with van der Waals surface area (Å²) in [6, 6.07) is 5.87. The maximum atomic E-state index is 11.1. The molecule has 0 aliphatic heterocycles. The number of rotatable bonds is 4.